The van der Waals surface area contributed by atoms with Gasteiger partial charge in [0.1, 0.15) is 6.54 Å². The van der Waals surface area contributed by atoms with Crippen LogP contribution in [-0.4, -0.2) is 23.6 Å². The van der Waals surface area contributed by atoms with Gasteiger partial charge < -0.3 is 15.2 Å². The lowest BCUT2D eigenvalue weighted by Crippen LogP contribution is -2.32. The van der Waals surface area contributed by atoms with Crippen molar-refractivity contribution in [1.29, 1.82) is 0 Å². The second-order valence-corrected chi connectivity index (χ2v) is 4.35. The predicted octanol–water partition coefficient (Wildman–Crippen LogP) is 1.29. The van der Waals surface area contributed by atoms with Crippen LogP contribution in [0.15, 0.2) is 18.5 Å². The maximum atomic E-state index is 11.5. The van der Waals surface area contributed by atoms with Crippen LogP contribution >= 0.6 is 0 Å². The molecule has 1 amide bonds. The van der Waals surface area contributed by atoms with Crippen molar-refractivity contribution < 1.29 is 4.79 Å². The molecule has 1 atom stereocenters. The van der Waals surface area contributed by atoms with Gasteiger partial charge in [0, 0.05) is 24.5 Å². The number of hydrogen-bond acceptors (Lipinski definition) is 2. The van der Waals surface area contributed by atoms with Crippen molar-refractivity contribution in [3.63, 3.8) is 0 Å². The van der Waals surface area contributed by atoms with E-state index in [1.165, 1.54) is 5.56 Å². The summed E-state index contributed by atoms with van der Waals surface area (Å²) in [5.74, 6) is 0.0502. The van der Waals surface area contributed by atoms with Crippen LogP contribution in [0.4, 0.5) is 0 Å². The first-order valence-electron chi connectivity index (χ1n) is 5.65. The fourth-order valence-electron chi connectivity index (χ4n) is 1.51. The number of carbonyl (C=O) groups excluding carboxylic acids is 1. The molecule has 0 radical (unpaired) electrons. The fraction of sp³-hybridized carbons (Fsp3) is 0.583. The van der Waals surface area contributed by atoms with Crippen LogP contribution in [-0.2, 0) is 11.3 Å². The predicted molar refractivity (Wildman–Crippen MR) is 65.2 cm³/mol. The van der Waals surface area contributed by atoms with E-state index in [2.05, 4.69) is 17.6 Å². The molecule has 1 unspecified atom stereocenters. The number of carbonyl (C=O) groups is 1. The highest BCUT2D eigenvalue weighted by Gasteiger charge is 2.07. The molecule has 16 heavy (non-hydrogen) atoms. The molecule has 0 aromatic carbocycles. The molecular formula is C12H21N3O. The van der Waals surface area contributed by atoms with E-state index in [0.717, 1.165) is 0 Å². The molecule has 4 heteroatoms. The zero-order valence-corrected chi connectivity index (χ0v) is 10.4. The molecule has 1 aromatic rings. The standard InChI is InChI=1S/C12H21N3O/c1-9(2)14-12(16)8-15-6-5-11(7-15)10(3)13-4/h5-7,9-10,13H,8H2,1-4H3,(H,14,16). The highest BCUT2D eigenvalue weighted by atomic mass is 16.2. The second-order valence-electron chi connectivity index (χ2n) is 4.35. The molecule has 1 rings (SSSR count). The minimum absolute atomic E-state index is 0.0502. The molecule has 0 aliphatic rings. The average Bonchev–Trinajstić information content (AvgIpc) is 2.63. The smallest absolute Gasteiger partial charge is 0.240 e. The Balaban J connectivity index is 2.55. The lowest BCUT2D eigenvalue weighted by molar-refractivity contribution is -0.122. The van der Waals surface area contributed by atoms with Crippen LogP contribution in [0, 0.1) is 0 Å². The summed E-state index contributed by atoms with van der Waals surface area (Å²) in [5.41, 5.74) is 1.19. The second kappa shape index (κ2) is 5.70. The van der Waals surface area contributed by atoms with Crippen LogP contribution in [0.3, 0.4) is 0 Å². The molecular weight excluding hydrogens is 202 g/mol. The van der Waals surface area contributed by atoms with Crippen molar-refractivity contribution in [3.8, 4) is 0 Å². The van der Waals surface area contributed by atoms with Crippen molar-refractivity contribution in [1.82, 2.24) is 15.2 Å². The zero-order valence-electron chi connectivity index (χ0n) is 10.4. The highest BCUT2D eigenvalue weighted by molar-refractivity contribution is 5.75. The molecule has 0 saturated heterocycles. The van der Waals surface area contributed by atoms with Gasteiger partial charge >= 0.3 is 0 Å². The lowest BCUT2D eigenvalue weighted by atomic mass is 10.2. The fourth-order valence-corrected chi connectivity index (χ4v) is 1.51. The van der Waals surface area contributed by atoms with Crippen LogP contribution in [0.2, 0.25) is 0 Å². The van der Waals surface area contributed by atoms with Crippen molar-refractivity contribution in [2.24, 2.45) is 0 Å². The van der Waals surface area contributed by atoms with Crippen molar-refractivity contribution in [2.45, 2.75) is 39.4 Å². The van der Waals surface area contributed by atoms with E-state index in [9.17, 15) is 4.79 Å². The molecule has 1 aromatic heterocycles. The number of nitrogens with zero attached hydrogens (tertiary/aromatic N) is 1. The first-order valence-corrected chi connectivity index (χ1v) is 5.65. The summed E-state index contributed by atoms with van der Waals surface area (Å²) in [7, 11) is 1.92. The maximum Gasteiger partial charge on any atom is 0.240 e. The summed E-state index contributed by atoms with van der Waals surface area (Å²) in [6.07, 6.45) is 3.93. The van der Waals surface area contributed by atoms with E-state index < -0.39 is 0 Å². The Morgan fingerprint density at radius 3 is 2.69 bits per heavy atom. The first-order chi connectivity index (χ1) is 7.52. The van der Waals surface area contributed by atoms with Crippen LogP contribution in [0.25, 0.3) is 0 Å². The average molecular weight is 223 g/mol. The number of aromatic nitrogens is 1. The topological polar surface area (TPSA) is 46.1 Å². The van der Waals surface area contributed by atoms with E-state index >= 15 is 0 Å². The Kier molecular flexibility index (Phi) is 4.55. The highest BCUT2D eigenvalue weighted by Crippen LogP contribution is 2.11. The molecule has 90 valence electrons. The summed E-state index contributed by atoms with van der Waals surface area (Å²) in [4.78, 5) is 11.5. The molecule has 0 aliphatic carbocycles. The van der Waals surface area contributed by atoms with Gasteiger partial charge in [0.05, 0.1) is 0 Å². The number of amides is 1. The van der Waals surface area contributed by atoms with E-state index in [4.69, 9.17) is 0 Å². The summed E-state index contributed by atoms with van der Waals surface area (Å²) in [6, 6.07) is 2.54. The van der Waals surface area contributed by atoms with E-state index in [1.54, 1.807) is 0 Å². The normalized spacial score (nSPS) is 12.8. The lowest BCUT2D eigenvalue weighted by Gasteiger charge is -2.09. The molecule has 2 N–H and O–H groups in total. The van der Waals surface area contributed by atoms with Gasteiger partial charge in [-0.25, -0.2) is 0 Å². The van der Waals surface area contributed by atoms with Gasteiger partial charge in [0.15, 0.2) is 0 Å². The van der Waals surface area contributed by atoms with Crippen LogP contribution < -0.4 is 10.6 Å². The summed E-state index contributed by atoms with van der Waals surface area (Å²) >= 11 is 0. The minimum Gasteiger partial charge on any atom is -0.352 e. The minimum atomic E-state index is 0.0502. The first kappa shape index (κ1) is 12.8. The Bertz CT molecular complexity index is 344. The Morgan fingerprint density at radius 2 is 2.12 bits per heavy atom. The number of rotatable bonds is 5. The molecule has 0 bridgehead atoms. The zero-order chi connectivity index (χ0) is 12.1. The third-order valence-corrected chi connectivity index (χ3v) is 2.48. The van der Waals surface area contributed by atoms with Gasteiger partial charge in [-0.1, -0.05) is 0 Å². The Morgan fingerprint density at radius 1 is 1.44 bits per heavy atom. The van der Waals surface area contributed by atoms with Crippen molar-refractivity contribution in [3.05, 3.63) is 24.0 Å². The Labute approximate surface area is 97.0 Å². The van der Waals surface area contributed by atoms with E-state index in [1.807, 2.05) is 43.9 Å². The van der Waals surface area contributed by atoms with Crippen LogP contribution in [0.1, 0.15) is 32.4 Å². The molecule has 4 nitrogen and oxygen atoms in total. The SMILES string of the molecule is CNC(C)c1ccn(CC(=O)NC(C)C)c1. The maximum absolute atomic E-state index is 11.5. The number of hydrogen-bond donors (Lipinski definition) is 2. The largest absolute Gasteiger partial charge is 0.352 e. The Hall–Kier alpha value is -1.29. The van der Waals surface area contributed by atoms with Gasteiger partial charge in [-0.05, 0) is 39.4 Å². The summed E-state index contributed by atoms with van der Waals surface area (Å²) in [6.45, 7) is 6.40. The van der Waals surface area contributed by atoms with Crippen LogP contribution in [0.5, 0.6) is 0 Å². The monoisotopic (exact) mass is 223 g/mol. The van der Waals surface area contributed by atoms with Gasteiger partial charge in [0.25, 0.3) is 0 Å². The van der Waals surface area contributed by atoms with E-state index in [-0.39, 0.29) is 11.9 Å². The number of nitrogens with one attached hydrogen (secondary N) is 2. The third-order valence-electron chi connectivity index (χ3n) is 2.48. The van der Waals surface area contributed by atoms with Gasteiger partial charge in [0.2, 0.25) is 5.91 Å². The van der Waals surface area contributed by atoms with Gasteiger partial charge in [-0.15, -0.1) is 0 Å². The molecule has 1 heterocycles. The molecule has 0 spiro atoms. The summed E-state index contributed by atoms with van der Waals surface area (Å²) < 4.78 is 1.90. The van der Waals surface area contributed by atoms with Gasteiger partial charge in [-0.2, -0.15) is 0 Å². The molecule has 0 fully saturated rings. The quantitative estimate of drug-likeness (QED) is 0.790. The van der Waals surface area contributed by atoms with Crippen molar-refractivity contribution in [2.75, 3.05) is 7.05 Å². The van der Waals surface area contributed by atoms with Crippen molar-refractivity contribution >= 4 is 5.91 Å². The van der Waals surface area contributed by atoms with E-state index in [0.29, 0.717) is 12.6 Å². The molecule has 0 aliphatic heterocycles. The van der Waals surface area contributed by atoms with Gasteiger partial charge in [-0.3, -0.25) is 4.79 Å². The summed E-state index contributed by atoms with van der Waals surface area (Å²) in [5, 5.41) is 6.03. The molecule has 0 saturated carbocycles. The third kappa shape index (κ3) is 3.70.